The minimum absolute atomic E-state index is 0.458. The number of hydrogen-bond acceptors (Lipinski definition) is 3. The molecule has 0 aromatic heterocycles. The van der Waals surface area contributed by atoms with Crippen LogP contribution in [0.15, 0.2) is 0 Å². The van der Waals surface area contributed by atoms with Crippen LogP contribution in [-0.4, -0.2) is 61.7 Å². The van der Waals surface area contributed by atoms with Crippen LogP contribution in [0.2, 0.25) is 0 Å². The zero-order chi connectivity index (χ0) is 12.8. The maximum Gasteiger partial charge on any atom is 0.0190 e. The first-order valence-electron chi connectivity index (χ1n) is 7.92. The van der Waals surface area contributed by atoms with Crippen LogP contribution in [0.25, 0.3) is 0 Å². The van der Waals surface area contributed by atoms with Gasteiger partial charge in [0.05, 0.1) is 0 Å². The third-order valence-electron chi connectivity index (χ3n) is 5.16. The third-order valence-corrected chi connectivity index (χ3v) is 5.16. The molecule has 1 saturated heterocycles. The predicted octanol–water partition coefficient (Wildman–Crippen LogP) is 1.94. The van der Waals surface area contributed by atoms with E-state index in [1.807, 2.05) is 0 Å². The van der Waals surface area contributed by atoms with Crippen molar-refractivity contribution in [2.24, 2.45) is 0 Å². The molecule has 0 bridgehead atoms. The second kappa shape index (κ2) is 6.88. The van der Waals surface area contributed by atoms with Crippen LogP contribution >= 0.6 is 0 Å². The van der Waals surface area contributed by atoms with E-state index in [9.17, 15) is 0 Å². The van der Waals surface area contributed by atoms with Crippen molar-refractivity contribution in [3.8, 4) is 0 Å². The standard InChI is InChI=1S/C15H31N3/c1-3-17-11-13-18(14-12-17)10-9-15(16-2)7-5-4-6-8-15/h16H,3-14H2,1-2H3. The van der Waals surface area contributed by atoms with Gasteiger partial charge < -0.3 is 15.1 Å². The van der Waals surface area contributed by atoms with Crippen molar-refractivity contribution in [2.75, 3.05) is 46.3 Å². The van der Waals surface area contributed by atoms with Crippen LogP contribution < -0.4 is 5.32 Å². The SMILES string of the molecule is CCN1CCN(CCC2(NC)CCCCC2)CC1. The van der Waals surface area contributed by atoms with Crippen molar-refractivity contribution >= 4 is 0 Å². The molecule has 1 saturated carbocycles. The van der Waals surface area contributed by atoms with Gasteiger partial charge in [0.25, 0.3) is 0 Å². The molecule has 1 N–H and O–H groups in total. The molecule has 3 nitrogen and oxygen atoms in total. The normalized spacial score (nSPS) is 26.3. The average Bonchev–Trinajstić information content (AvgIpc) is 2.47. The van der Waals surface area contributed by atoms with Crippen LogP contribution in [-0.2, 0) is 0 Å². The lowest BCUT2D eigenvalue weighted by Crippen LogP contribution is -2.50. The van der Waals surface area contributed by atoms with Crippen LogP contribution in [0, 0.1) is 0 Å². The number of nitrogens with one attached hydrogen (secondary N) is 1. The molecular formula is C15H31N3. The van der Waals surface area contributed by atoms with E-state index in [1.54, 1.807) is 0 Å². The van der Waals surface area contributed by atoms with Crippen LogP contribution in [0.1, 0.15) is 45.4 Å². The highest BCUT2D eigenvalue weighted by Gasteiger charge is 2.30. The number of hydrogen-bond donors (Lipinski definition) is 1. The molecule has 2 fully saturated rings. The first-order chi connectivity index (χ1) is 8.78. The highest BCUT2D eigenvalue weighted by atomic mass is 15.3. The van der Waals surface area contributed by atoms with Crippen LogP contribution in [0.3, 0.4) is 0 Å². The zero-order valence-corrected chi connectivity index (χ0v) is 12.4. The van der Waals surface area contributed by atoms with Gasteiger partial charge in [0, 0.05) is 31.7 Å². The molecule has 0 aromatic rings. The van der Waals surface area contributed by atoms with Crippen LogP contribution in [0.5, 0.6) is 0 Å². The van der Waals surface area contributed by atoms with Gasteiger partial charge in [-0.15, -0.1) is 0 Å². The molecule has 2 rings (SSSR count). The summed E-state index contributed by atoms with van der Waals surface area (Å²) >= 11 is 0. The zero-order valence-electron chi connectivity index (χ0n) is 12.4. The second-order valence-corrected chi connectivity index (χ2v) is 6.12. The van der Waals surface area contributed by atoms with Gasteiger partial charge >= 0.3 is 0 Å². The first-order valence-corrected chi connectivity index (χ1v) is 7.92. The summed E-state index contributed by atoms with van der Waals surface area (Å²) in [6, 6.07) is 0. The van der Waals surface area contributed by atoms with Gasteiger partial charge in [-0.3, -0.25) is 0 Å². The highest BCUT2D eigenvalue weighted by molar-refractivity contribution is 4.90. The molecule has 106 valence electrons. The highest BCUT2D eigenvalue weighted by Crippen LogP contribution is 2.30. The molecule has 1 aliphatic carbocycles. The van der Waals surface area contributed by atoms with Crippen LogP contribution in [0.4, 0.5) is 0 Å². The lowest BCUT2D eigenvalue weighted by molar-refractivity contribution is 0.117. The Morgan fingerprint density at radius 3 is 2.11 bits per heavy atom. The van der Waals surface area contributed by atoms with Gasteiger partial charge in [-0.1, -0.05) is 26.2 Å². The minimum Gasteiger partial charge on any atom is -0.314 e. The molecule has 0 radical (unpaired) electrons. The van der Waals surface area contributed by atoms with Gasteiger partial charge in [-0.2, -0.15) is 0 Å². The number of likely N-dealkylation sites (N-methyl/N-ethyl adjacent to an activating group) is 1. The van der Waals surface area contributed by atoms with Crippen molar-refractivity contribution in [1.29, 1.82) is 0 Å². The van der Waals surface area contributed by atoms with E-state index in [4.69, 9.17) is 0 Å². The summed E-state index contributed by atoms with van der Waals surface area (Å²) in [7, 11) is 2.17. The van der Waals surface area contributed by atoms with Crippen molar-refractivity contribution in [2.45, 2.75) is 51.0 Å². The van der Waals surface area contributed by atoms with E-state index in [0.29, 0.717) is 5.54 Å². The summed E-state index contributed by atoms with van der Waals surface area (Å²) in [5.74, 6) is 0. The Morgan fingerprint density at radius 1 is 0.944 bits per heavy atom. The molecule has 0 aromatic carbocycles. The number of rotatable bonds is 5. The smallest absolute Gasteiger partial charge is 0.0190 e. The number of piperazine rings is 1. The Hall–Kier alpha value is -0.120. The van der Waals surface area contributed by atoms with E-state index < -0.39 is 0 Å². The van der Waals surface area contributed by atoms with Gasteiger partial charge in [0.15, 0.2) is 0 Å². The molecule has 0 spiro atoms. The Bertz CT molecular complexity index is 228. The van der Waals surface area contributed by atoms with E-state index in [1.165, 1.54) is 77.8 Å². The Morgan fingerprint density at radius 2 is 1.56 bits per heavy atom. The monoisotopic (exact) mass is 253 g/mol. The summed E-state index contributed by atoms with van der Waals surface area (Å²) in [6.07, 6.45) is 8.40. The van der Waals surface area contributed by atoms with Gasteiger partial charge in [0.1, 0.15) is 0 Å². The van der Waals surface area contributed by atoms with Crippen molar-refractivity contribution < 1.29 is 0 Å². The molecule has 3 heteroatoms. The Kier molecular flexibility index (Phi) is 5.46. The van der Waals surface area contributed by atoms with E-state index in [-0.39, 0.29) is 0 Å². The molecule has 0 amide bonds. The van der Waals surface area contributed by atoms with E-state index in [0.717, 1.165) is 0 Å². The fourth-order valence-electron chi connectivity index (χ4n) is 3.55. The maximum absolute atomic E-state index is 3.64. The lowest BCUT2D eigenvalue weighted by Gasteiger charge is -2.40. The fourth-order valence-corrected chi connectivity index (χ4v) is 3.55. The van der Waals surface area contributed by atoms with Gasteiger partial charge in [-0.05, 0) is 39.4 Å². The second-order valence-electron chi connectivity index (χ2n) is 6.12. The maximum atomic E-state index is 3.64. The summed E-state index contributed by atoms with van der Waals surface area (Å²) in [4.78, 5) is 5.23. The van der Waals surface area contributed by atoms with Crippen molar-refractivity contribution in [3.63, 3.8) is 0 Å². The van der Waals surface area contributed by atoms with Crippen molar-refractivity contribution in [1.82, 2.24) is 15.1 Å². The van der Waals surface area contributed by atoms with Gasteiger partial charge in [0.2, 0.25) is 0 Å². The first kappa shape index (κ1) is 14.3. The molecule has 1 aliphatic heterocycles. The lowest BCUT2D eigenvalue weighted by atomic mass is 9.79. The molecule has 0 atom stereocenters. The quantitative estimate of drug-likeness (QED) is 0.808. The molecule has 0 unspecified atom stereocenters. The summed E-state index contributed by atoms with van der Waals surface area (Å²) in [5, 5.41) is 3.64. The molecule has 1 heterocycles. The third kappa shape index (κ3) is 3.69. The summed E-state index contributed by atoms with van der Waals surface area (Å²) in [6.45, 7) is 9.85. The van der Waals surface area contributed by atoms with Crippen molar-refractivity contribution in [3.05, 3.63) is 0 Å². The Balaban J connectivity index is 1.73. The van der Waals surface area contributed by atoms with Gasteiger partial charge in [-0.25, -0.2) is 0 Å². The molecular weight excluding hydrogens is 222 g/mol. The van der Waals surface area contributed by atoms with E-state index >= 15 is 0 Å². The number of nitrogens with zero attached hydrogens (tertiary/aromatic N) is 2. The topological polar surface area (TPSA) is 18.5 Å². The Labute approximate surface area is 113 Å². The van der Waals surface area contributed by atoms with E-state index in [2.05, 4.69) is 29.1 Å². The largest absolute Gasteiger partial charge is 0.314 e. The predicted molar refractivity (Wildman–Crippen MR) is 78.0 cm³/mol. The summed E-state index contributed by atoms with van der Waals surface area (Å²) < 4.78 is 0. The molecule has 18 heavy (non-hydrogen) atoms. The fraction of sp³-hybridized carbons (Fsp3) is 1.00. The average molecular weight is 253 g/mol. The summed E-state index contributed by atoms with van der Waals surface area (Å²) in [5.41, 5.74) is 0.458. The molecule has 2 aliphatic rings. The minimum atomic E-state index is 0.458.